The maximum atomic E-state index is 12.5. The molecule has 2 aromatic rings. The molecule has 1 saturated heterocycles. The number of rotatable bonds is 4. The van der Waals surface area contributed by atoms with Crippen molar-refractivity contribution < 1.29 is 14.7 Å². The Morgan fingerprint density at radius 1 is 1.16 bits per heavy atom. The van der Waals surface area contributed by atoms with Crippen LogP contribution in [0.3, 0.4) is 0 Å². The average Bonchev–Trinajstić information content (AvgIpc) is 2.62. The van der Waals surface area contributed by atoms with Crippen molar-refractivity contribution in [2.45, 2.75) is 19.3 Å². The molecule has 130 valence electrons. The first-order chi connectivity index (χ1) is 12.0. The topological polar surface area (TPSA) is 96.5 Å². The van der Waals surface area contributed by atoms with E-state index in [1.54, 1.807) is 36.5 Å². The van der Waals surface area contributed by atoms with Crippen molar-refractivity contribution in [1.82, 2.24) is 9.88 Å². The van der Waals surface area contributed by atoms with E-state index in [4.69, 9.17) is 10.8 Å². The third-order valence-corrected chi connectivity index (χ3v) is 4.63. The van der Waals surface area contributed by atoms with Gasteiger partial charge in [-0.2, -0.15) is 0 Å². The number of nitrogens with two attached hydrogens (primary N) is 1. The Morgan fingerprint density at radius 2 is 1.92 bits per heavy atom. The van der Waals surface area contributed by atoms with Crippen molar-refractivity contribution in [3.63, 3.8) is 0 Å². The minimum atomic E-state index is -0.904. The Balaban J connectivity index is 1.58. The van der Waals surface area contributed by atoms with Crippen molar-refractivity contribution in [1.29, 1.82) is 0 Å². The maximum absolute atomic E-state index is 12.5. The molecule has 0 radical (unpaired) electrons. The number of carbonyl (C=O) groups is 2. The van der Waals surface area contributed by atoms with E-state index in [9.17, 15) is 9.59 Å². The van der Waals surface area contributed by atoms with Crippen LogP contribution in [0.4, 0.5) is 5.82 Å². The van der Waals surface area contributed by atoms with Gasteiger partial charge in [-0.15, -0.1) is 0 Å². The van der Waals surface area contributed by atoms with Gasteiger partial charge in [-0.05, 0) is 55.0 Å². The van der Waals surface area contributed by atoms with E-state index < -0.39 is 5.97 Å². The Bertz CT molecular complexity index is 783. The highest BCUT2D eigenvalue weighted by atomic mass is 16.4. The highest BCUT2D eigenvalue weighted by molar-refractivity contribution is 5.94. The number of hydrogen-bond acceptors (Lipinski definition) is 4. The van der Waals surface area contributed by atoms with E-state index in [1.165, 1.54) is 0 Å². The van der Waals surface area contributed by atoms with E-state index in [0.29, 0.717) is 36.0 Å². The maximum Gasteiger partial charge on any atom is 0.335 e. The second-order valence-corrected chi connectivity index (χ2v) is 6.41. The summed E-state index contributed by atoms with van der Waals surface area (Å²) in [5.41, 5.74) is 7.57. The van der Waals surface area contributed by atoms with Crippen LogP contribution >= 0.6 is 0 Å². The lowest BCUT2D eigenvalue weighted by molar-refractivity contribution is 0.0682. The van der Waals surface area contributed by atoms with E-state index in [1.807, 2.05) is 11.0 Å². The zero-order valence-electron chi connectivity index (χ0n) is 13.9. The first kappa shape index (κ1) is 17.0. The number of benzene rings is 1. The van der Waals surface area contributed by atoms with Gasteiger partial charge >= 0.3 is 5.97 Å². The van der Waals surface area contributed by atoms with Gasteiger partial charge in [0, 0.05) is 24.8 Å². The summed E-state index contributed by atoms with van der Waals surface area (Å²) in [5, 5.41) is 9.08. The number of carboxylic acids is 1. The number of piperidine rings is 1. The summed E-state index contributed by atoms with van der Waals surface area (Å²) in [7, 11) is 0. The van der Waals surface area contributed by atoms with Gasteiger partial charge in [-0.1, -0.05) is 12.1 Å². The van der Waals surface area contributed by atoms with Gasteiger partial charge in [0.05, 0.1) is 5.56 Å². The quantitative estimate of drug-likeness (QED) is 0.892. The molecule has 1 fully saturated rings. The molecule has 1 amide bonds. The van der Waals surface area contributed by atoms with Crippen LogP contribution in [0.15, 0.2) is 42.6 Å². The number of nitrogens with zero attached hydrogens (tertiary/aromatic N) is 2. The Morgan fingerprint density at radius 3 is 2.60 bits per heavy atom. The lowest BCUT2D eigenvalue weighted by Crippen LogP contribution is -2.39. The van der Waals surface area contributed by atoms with Crippen LogP contribution < -0.4 is 5.73 Å². The van der Waals surface area contributed by atoms with Gasteiger partial charge < -0.3 is 15.7 Å². The lowest BCUT2D eigenvalue weighted by atomic mass is 9.89. The fraction of sp³-hybridized carbons (Fsp3) is 0.316. The van der Waals surface area contributed by atoms with Crippen molar-refractivity contribution in [2.24, 2.45) is 5.92 Å². The van der Waals surface area contributed by atoms with Crippen LogP contribution in [0, 0.1) is 5.92 Å². The normalized spacial score (nSPS) is 15.1. The van der Waals surface area contributed by atoms with E-state index >= 15 is 0 Å². The first-order valence-corrected chi connectivity index (χ1v) is 8.36. The predicted octanol–water partition coefficient (Wildman–Crippen LogP) is 2.46. The highest BCUT2D eigenvalue weighted by Crippen LogP contribution is 2.23. The molecule has 0 unspecified atom stereocenters. The van der Waals surface area contributed by atoms with E-state index in [0.717, 1.165) is 24.8 Å². The minimum absolute atomic E-state index is 0.0135. The van der Waals surface area contributed by atoms with E-state index in [-0.39, 0.29) is 5.91 Å². The van der Waals surface area contributed by atoms with Crippen molar-refractivity contribution in [2.75, 3.05) is 18.8 Å². The summed E-state index contributed by atoms with van der Waals surface area (Å²) in [6, 6.07) is 10.4. The molecule has 6 heteroatoms. The average molecular weight is 339 g/mol. The second-order valence-electron chi connectivity index (χ2n) is 6.41. The zero-order chi connectivity index (χ0) is 17.8. The number of hydrogen-bond donors (Lipinski definition) is 2. The summed E-state index contributed by atoms with van der Waals surface area (Å²) >= 11 is 0. The number of aromatic nitrogens is 1. The SMILES string of the molecule is Nc1cc(C(=O)N2CCC(Cc3cccc(C(=O)O)c3)CC2)ccn1. The summed E-state index contributed by atoms with van der Waals surface area (Å²) in [6.45, 7) is 1.40. The second kappa shape index (κ2) is 7.34. The molecule has 3 rings (SSSR count). The molecule has 1 aliphatic heterocycles. The molecule has 0 aliphatic carbocycles. The zero-order valence-corrected chi connectivity index (χ0v) is 13.9. The molecule has 1 aliphatic rings. The van der Waals surface area contributed by atoms with Crippen LogP contribution in [0.2, 0.25) is 0 Å². The molecule has 0 atom stereocenters. The molecule has 0 saturated carbocycles. The molecule has 2 heterocycles. The monoisotopic (exact) mass is 339 g/mol. The fourth-order valence-corrected chi connectivity index (χ4v) is 3.27. The fourth-order valence-electron chi connectivity index (χ4n) is 3.27. The van der Waals surface area contributed by atoms with Crippen molar-refractivity contribution >= 4 is 17.7 Å². The molecular weight excluding hydrogens is 318 g/mol. The number of pyridine rings is 1. The molecule has 25 heavy (non-hydrogen) atoms. The third kappa shape index (κ3) is 4.15. The number of nitrogen functional groups attached to an aromatic ring is 1. The van der Waals surface area contributed by atoms with Gasteiger partial charge in [0.25, 0.3) is 5.91 Å². The third-order valence-electron chi connectivity index (χ3n) is 4.63. The molecule has 0 spiro atoms. The van der Waals surface area contributed by atoms with Gasteiger partial charge in [0.15, 0.2) is 0 Å². The summed E-state index contributed by atoms with van der Waals surface area (Å²) in [5.74, 6) is -0.117. The number of carboxylic acid groups (broad SMARTS) is 1. The molecule has 0 bridgehead atoms. The number of anilines is 1. The van der Waals surface area contributed by atoms with Crippen LogP contribution in [0.1, 0.15) is 39.1 Å². The Hall–Kier alpha value is -2.89. The molecule has 6 nitrogen and oxygen atoms in total. The Labute approximate surface area is 146 Å². The molecule has 3 N–H and O–H groups in total. The van der Waals surface area contributed by atoms with Gasteiger partial charge in [0.1, 0.15) is 5.82 Å². The number of aromatic carboxylic acids is 1. The summed E-state index contributed by atoms with van der Waals surface area (Å²) in [4.78, 5) is 29.3. The van der Waals surface area contributed by atoms with Crippen LogP contribution in [0.25, 0.3) is 0 Å². The van der Waals surface area contributed by atoms with Crippen molar-refractivity contribution in [3.05, 3.63) is 59.3 Å². The standard InChI is InChI=1S/C19H21N3O3/c20-17-12-15(4-7-21-17)18(23)22-8-5-13(6-9-22)10-14-2-1-3-16(11-14)19(24)25/h1-4,7,11-13H,5-6,8-10H2,(H2,20,21)(H,24,25). The Kier molecular flexibility index (Phi) is 4.97. The van der Waals surface area contributed by atoms with Gasteiger partial charge in [-0.25, -0.2) is 9.78 Å². The lowest BCUT2D eigenvalue weighted by Gasteiger charge is -2.32. The van der Waals surface area contributed by atoms with Crippen LogP contribution in [-0.4, -0.2) is 40.0 Å². The smallest absolute Gasteiger partial charge is 0.335 e. The summed E-state index contributed by atoms with van der Waals surface area (Å²) < 4.78 is 0. The van der Waals surface area contributed by atoms with Crippen LogP contribution in [0.5, 0.6) is 0 Å². The van der Waals surface area contributed by atoms with Gasteiger partial charge in [0.2, 0.25) is 0 Å². The predicted molar refractivity (Wildman–Crippen MR) is 94.4 cm³/mol. The highest BCUT2D eigenvalue weighted by Gasteiger charge is 2.24. The number of carbonyl (C=O) groups excluding carboxylic acids is 1. The van der Waals surface area contributed by atoms with Crippen molar-refractivity contribution in [3.8, 4) is 0 Å². The number of amides is 1. The first-order valence-electron chi connectivity index (χ1n) is 8.36. The largest absolute Gasteiger partial charge is 0.478 e. The van der Waals surface area contributed by atoms with Crippen LogP contribution in [-0.2, 0) is 6.42 Å². The number of likely N-dealkylation sites (tertiary alicyclic amines) is 1. The molecule has 1 aromatic carbocycles. The van der Waals surface area contributed by atoms with Gasteiger partial charge in [-0.3, -0.25) is 4.79 Å². The minimum Gasteiger partial charge on any atom is -0.478 e. The molecule has 1 aromatic heterocycles. The van der Waals surface area contributed by atoms with E-state index in [2.05, 4.69) is 4.98 Å². The summed E-state index contributed by atoms with van der Waals surface area (Å²) in [6.07, 6.45) is 4.20. The molecular formula is C19H21N3O3.